The minimum Gasteiger partial charge on any atom is -0.170 e. The Bertz CT molecular complexity index is 121. The fourth-order valence-corrected chi connectivity index (χ4v) is 3.84. The first-order chi connectivity index (χ1) is 5.88. The van der Waals surface area contributed by atoms with Crippen molar-refractivity contribution in [1.29, 1.82) is 0 Å². The zero-order valence-electron chi connectivity index (χ0n) is 7.97. The molecule has 0 nitrogen and oxygen atoms in total. The molecule has 0 N–H and O–H groups in total. The first-order valence-electron chi connectivity index (χ1n) is 5.63. The Hall–Kier alpha value is 0.495. The van der Waals surface area contributed by atoms with Crippen LogP contribution in [0.5, 0.6) is 0 Å². The van der Waals surface area contributed by atoms with E-state index in [0.717, 1.165) is 18.1 Å². The molecule has 2 fully saturated rings. The minimum atomic E-state index is 0.968. The maximum absolute atomic E-state index is 3.15. The predicted octanol–water partition coefficient (Wildman–Crippen LogP) is 3.74. The number of hydrogen-bond acceptors (Lipinski definition) is 0. The Balaban J connectivity index is 1.84. The summed E-state index contributed by atoms with van der Waals surface area (Å²) >= 11 is 0. The summed E-state index contributed by atoms with van der Waals surface area (Å²) in [6.45, 7) is 0. The number of hydrogen-bond donors (Lipinski definition) is 0. The molecular formula is C10H20BP. The Kier molecular flexibility index (Phi) is 3.13. The van der Waals surface area contributed by atoms with Gasteiger partial charge in [-0.3, -0.25) is 0 Å². The lowest BCUT2D eigenvalue weighted by Crippen LogP contribution is -2.16. The van der Waals surface area contributed by atoms with Crippen molar-refractivity contribution in [2.24, 2.45) is 0 Å². The minimum absolute atomic E-state index is 0.968. The van der Waals surface area contributed by atoms with Crippen molar-refractivity contribution in [3.63, 3.8) is 0 Å². The molecular weight excluding hydrogens is 162 g/mol. The summed E-state index contributed by atoms with van der Waals surface area (Å²) in [5, 5.41) is 0. The van der Waals surface area contributed by atoms with Crippen molar-refractivity contribution in [1.82, 2.24) is 0 Å². The maximum atomic E-state index is 3.15. The van der Waals surface area contributed by atoms with E-state index in [9.17, 15) is 0 Å². The monoisotopic (exact) mass is 182 g/mol. The van der Waals surface area contributed by atoms with Gasteiger partial charge in [-0.1, -0.05) is 63.0 Å². The second-order valence-corrected chi connectivity index (χ2v) is 5.44. The van der Waals surface area contributed by atoms with Crippen molar-refractivity contribution < 1.29 is 0 Å². The van der Waals surface area contributed by atoms with E-state index in [2.05, 4.69) is 9.12 Å². The van der Waals surface area contributed by atoms with Gasteiger partial charge in [-0.2, -0.15) is 9.12 Å². The van der Waals surface area contributed by atoms with Crippen LogP contribution in [0.2, 0.25) is 11.6 Å². The van der Waals surface area contributed by atoms with Gasteiger partial charge in [0.05, 0.1) is 0 Å². The van der Waals surface area contributed by atoms with Gasteiger partial charge in [0.2, 0.25) is 0 Å². The zero-order chi connectivity index (χ0) is 8.39. The molecule has 2 aliphatic rings. The molecule has 1 atom stereocenters. The van der Waals surface area contributed by atoms with Crippen molar-refractivity contribution in [3.05, 3.63) is 0 Å². The van der Waals surface area contributed by atoms with Crippen LogP contribution < -0.4 is 0 Å². The van der Waals surface area contributed by atoms with Crippen LogP contribution in [0.25, 0.3) is 0 Å². The Morgan fingerprint density at radius 3 is 1.42 bits per heavy atom. The molecule has 0 aliphatic heterocycles. The second kappa shape index (κ2) is 4.14. The Morgan fingerprint density at radius 1 is 0.750 bits per heavy atom. The maximum Gasteiger partial charge on any atom is 0.170 e. The van der Waals surface area contributed by atoms with E-state index in [1.165, 1.54) is 51.4 Å². The lowest BCUT2D eigenvalue weighted by Gasteiger charge is -2.21. The summed E-state index contributed by atoms with van der Waals surface area (Å²) in [7, 11) is 3.15. The van der Waals surface area contributed by atoms with E-state index in [-0.39, 0.29) is 0 Å². The average molecular weight is 182 g/mol. The molecule has 0 bridgehead atoms. The molecule has 0 aromatic rings. The summed E-state index contributed by atoms with van der Waals surface area (Å²) in [6, 6.07) is 0. The third kappa shape index (κ3) is 1.87. The van der Waals surface area contributed by atoms with Gasteiger partial charge in [0.15, 0.2) is 6.43 Å². The molecule has 0 saturated heterocycles. The highest BCUT2D eigenvalue weighted by Crippen LogP contribution is 2.45. The molecule has 2 aliphatic carbocycles. The van der Waals surface area contributed by atoms with Crippen LogP contribution in [0.1, 0.15) is 51.4 Å². The molecule has 2 saturated carbocycles. The molecule has 0 radical (unpaired) electrons. The van der Waals surface area contributed by atoms with Crippen LogP contribution >= 0.6 is 9.12 Å². The van der Waals surface area contributed by atoms with Crippen LogP contribution in [-0.2, 0) is 0 Å². The molecule has 1 unspecified atom stereocenters. The first-order valence-corrected chi connectivity index (χ1v) is 6.30. The van der Waals surface area contributed by atoms with Gasteiger partial charge in [0, 0.05) is 0 Å². The summed E-state index contributed by atoms with van der Waals surface area (Å²) in [4.78, 5) is 0. The van der Waals surface area contributed by atoms with Crippen LogP contribution in [-0.4, -0.2) is 6.43 Å². The first kappa shape index (κ1) is 9.07. The summed E-state index contributed by atoms with van der Waals surface area (Å²) in [6.07, 6.45) is 13.1. The predicted molar refractivity (Wildman–Crippen MR) is 59.9 cm³/mol. The summed E-state index contributed by atoms with van der Waals surface area (Å²) in [5.41, 5.74) is 0. The van der Waals surface area contributed by atoms with E-state index >= 15 is 0 Å². The van der Waals surface area contributed by atoms with Crippen molar-refractivity contribution >= 4 is 15.6 Å². The third-order valence-electron chi connectivity index (χ3n) is 3.89. The highest BCUT2D eigenvalue weighted by Gasteiger charge is 2.32. The normalized spacial score (nSPS) is 26.8. The summed E-state index contributed by atoms with van der Waals surface area (Å²) in [5.74, 6) is 2.14. The summed E-state index contributed by atoms with van der Waals surface area (Å²) < 4.78 is 0. The highest BCUT2D eigenvalue weighted by atomic mass is 31.0. The van der Waals surface area contributed by atoms with E-state index in [4.69, 9.17) is 0 Å². The molecule has 12 heavy (non-hydrogen) atoms. The van der Waals surface area contributed by atoms with Crippen molar-refractivity contribution in [3.8, 4) is 0 Å². The van der Waals surface area contributed by atoms with Gasteiger partial charge in [-0.15, -0.1) is 0 Å². The van der Waals surface area contributed by atoms with Crippen LogP contribution in [0.3, 0.4) is 0 Å². The van der Waals surface area contributed by atoms with Crippen LogP contribution in [0.4, 0.5) is 0 Å². The molecule has 0 aromatic carbocycles. The zero-order valence-corrected chi connectivity index (χ0v) is 9.12. The highest BCUT2D eigenvalue weighted by molar-refractivity contribution is 7.62. The fourth-order valence-electron chi connectivity index (χ4n) is 3.07. The lowest BCUT2D eigenvalue weighted by atomic mass is 9.51. The molecule has 68 valence electrons. The Labute approximate surface area is 79.1 Å². The van der Waals surface area contributed by atoms with Gasteiger partial charge in [-0.25, -0.2) is 0 Å². The van der Waals surface area contributed by atoms with E-state index < -0.39 is 0 Å². The van der Waals surface area contributed by atoms with Gasteiger partial charge in [0.1, 0.15) is 0 Å². The molecule has 2 rings (SSSR count). The van der Waals surface area contributed by atoms with Crippen LogP contribution in [0.15, 0.2) is 0 Å². The standard InChI is InChI=1S/C10H20BP/c12-11(9-5-1-2-6-9)10-7-3-4-8-10/h9-10H,1-8,12H2. The topological polar surface area (TPSA) is 0 Å². The molecule has 0 heterocycles. The van der Waals surface area contributed by atoms with Gasteiger partial charge in [-0.05, 0) is 0 Å². The van der Waals surface area contributed by atoms with Crippen LogP contribution in [0, 0.1) is 0 Å². The number of rotatable bonds is 2. The van der Waals surface area contributed by atoms with E-state index in [1.54, 1.807) is 0 Å². The van der Waals surface area contributed by atoms with Gasteiger partial charge in [0.25, 0.3) is 0 Å². The average Bonchev–Trinajstić information content (AvgIpc) is 2.77. The second-order valence-electron chi connectivity index (χ2n) is 4.67. The van der Waals surface area contributed by atoms with Gasteiger partial charge < -0.3 is 0 Å². The SMILES string of the molecule is PB(C1CCCC1)C1CCCC1. The van der Waals surface area contributed by atoms with E-state index in [1.807, 2.05) is 0 Å². The quantitative estimate of drug-likeness (QED) is 0.450. The fraction of sp³-hybridized carbons (Fsp3) is 1.00. The largest absolute Gasteiger partial charge is 0.170 e. The lowest BCUT2D eigenvalue weighted by molar-refractivity contribution is 0.790. The molecule has 0 aromatic heterocycles. The van der Waals surface area contributed by atoms with E-state index in [0.29, 0.717) is 0 Å². The smallest absolute Gasteiger partial charge is 0.170 e. The van der Waals surface area contributed by atoms with Crippen molar-refractivity contribution in [2.45, 2.75) is 63.0 Å². The third-order valence-corrected chi connectivity index (χ3v) is 4.98. The Morgan fingerprint density at radius 2 is 1.08 bits per heavy atom. The van der Waals surface area contributed by atoms with Gasteiger partial charge >= 0.3 is 0 Å². The molecule has 2 heteroatoms. The molecule has 0 spiro atoms. The molecule has 0 amide bonds. The van der Waals surface area contributed by atoms with Crippen molar-refractivity contribution in [2.75, 3.05) is 0 Å².